The highest BCUT2D eigenvalue weighted by Gasteiger charge is 2.15. The number of aromatic nitrogens is 2. The second-order valence-electron chi connectivity index (χ2n) is 4.94. The van der Waals surface area contributed by atoms with Gasteiger partial charge >= 0.3 is 0 Å². The lowest BCUT2D eigenvalue weighted by Crippen LogP contribution is -2.23. The Morgan fingerprint density at radius 2 is 2.06 bits per heavy atom. The van der Waals surface area contributed by atoms with Crippen molar-refractivity contribution in [3.05, 3.63) is 30.1 Å². The molecule has 0 N–H and O–H groups in total. The largest absolute Gasteiger partial charge is 0.324 e. The molecule has 1 heterocycles. The van der Waals surface area contributed by atoms with Gasteiger partial charge in [-0.1, -0.05) is 12.1 Å². The third-order valence-electron chi connectivity index (χ3n) is 3.06. The van der Waals surface area contributed by atoms with E-state index in [9.17, 15) is 0 Å². The molecule has 0 aliphatic rings. The Kier molecular flexibility index (Phi) is 4.25. The maximum atomic E-state index is 5.88. The van der Waals surface area contributed by atoms with Gasteiger partial charge in [-0.25, -0.2) is 4.98 Å². The normalized spacial score (nSPS) is 13.4. The van der Waals surface area contributed by atoms with E-state index in [-0.39, 0.29) is 0 Å². The Hall–Kier alpha value is -1.06. The predicted octanol–water partition coefficient (Wildman–Crippen LogP) is 2.94. The third kappa shape index (κ3) is 2.68. The molecule has 4 heteroatoms. The van der Waals surface area contributed by atoms with Crippen LogP contribution < -0.4 is 0 Å². The van der Waals surface area contributed by atoms with Gasteiger partial charge in [0.2, 0.25) is 0 Å². The predicted molar refractivity (Wildman–Crippen MR) is 77.4 cm³/mol. The summed E-state index contributed by atoms with van der Waals surface area (Å²) in [5, 5.41) is 0. The van der Waals surface area contributed by atoms with Gasteiger partial charge < -0.3 is 9.47 Å². The fourth-order valence-electron chi connectivity index (χ4n) is 2.46. The number of halogens is 1. The average Bonchev–Trinajstić information content (AvgIpc) is 2.66. The van der Waals surface area contributed by atoms with Gasteiger partial charge in [0, 0.05) is 24.9 Å². The summed E-state index contributed by atoms with van der Waals surface area (Å²) in [5.41, 5.74) is 2.26. The molecule has 0 fully saturated rings. The van der Waals surface area contributed by atoms with Crippen molar-refractivity contribution in [1.29, 1.82) is 0 Å². The van der Waals surface area contributed by atoms with Crippen molar-refractivity contribution in [3.8, 4) is 0 Å². The van der Waals surface area contributed by atoms with E-state index in [1.807, 2.05) is 6.07 Å². The molecule has 1 aromatic carbocycles. The zero-order valence-corrected chi connectivity index (χ0v) is 12.0. The number of nitrogens with zero attached hydrogens (tertiary/aromatic N) is 3. The van der Waals surface area contributed by atoms with Crippen LogP contribution in [0.3, 0.4) is 0 Å². The molecule has 98 valence electrons. The lowest BCUT2D eigenvalue weighted by atomic mass is 10.2. The van der Waals surface area contributed by atoms with Crippen LogP contribution in [0.25, 0.3) is 11.0 Å². The van der Waals surface area contributed by atoms with E-state index in [4.69, 9.17) is 16.6 Å². The average molecular weight is 266 g/mol. The molecule has 2 aromatic rings. The van der Waals surface area contributed by atoms with Crippen LogP contribution in [0.15, 0.2) is 24.3 Å². The summed E-state index contributed by atoms with van der Waals surface area (Å²) < 4.78 is 2.32. The highest BCUT2D eigenvalue weighted by atomic mass is 35.5. The minimum absolute atomic E-state index is 0.394. The molecule has 0 amide bonds. The van der Waals surface area contributed by atoms with Gasteiger partial charge in [0.15, 0.2) is 0 Å². The Balaban J connectivity index is 2.47. The standard InChI is InChI=1S/C14H20ClN3/c1-11(10-17(2)3)18-13-7-5-4-6-12(13)16-14(18)8-9-15/h4-7,11H,8-10H2,1-3H3. The van der Waals surface area contributed by atoms with Crippen molar-refractivity contribution in [1.82, 2.24) is 14.5 Å². The maximum absolute atomic E-state index is 5.88. The van der Waals surface area contributed by atoms with Gasteiger partial charge in [0.25, 0.3) is 0 Å². The number of benzene rings is 1. The van der Waals surface area contributed by atoms with Crippen molar-refractivity contribution in [2.75, 3.05) is 26.5 Å². The fraction of sp³-hybridized carbons (Fsp3) is 0.500. The van der Waals surface area contributed by atoms with Crippen LogP contribution in [0.5, 0.6) is 0 Å². The van der Waals surface area contributed by atoms with E-state index in [0.29, 0.717) is 11.9 Å². The quantitative estimate of drug-likeness (QED) is 0.775. The van der Waals surface area contributed by atoms with E-state index in [1.54, 1.807) is 0 Å². The highest BCUT2D eigenvalue weighted by molar-refractivity contribution is 6.17. The van der Waals surface area contributed by atoms with Crippen LogP contribution in [0.2, 0.25) is 0 Å². The molecule has 0 saturated heterocycles. The minimum Gasteiger partial charge on any atom is -0.324 e. The first kappa shape index (κ1) is 13.4. The molecule has 1 aromatic heterocycles. The molecule has 18 heavy (non-hydrogen) atoms. The summed E-state index contributed by atoms with van der Waals surface area (Å²) in [5.74, 6) is 1.69. The molecule has 3 nitrogen and oxygen atoms in total. The van der Waals surface area contributed by atoms with Gasteiger partial charge in [-0.05, 0) is 33.2 Å². The zero-order valence-electron chi connectivity index (χ0n) is 11.2. The van der Waals surface area contributed by atoms with Crippen molar-refractivity contribution in [2.45, 2.75) is 19.4 Å². The van der Waals surface area contributed by atoms with Gasteiger partial charge in [0.1, 0.15) is 5.82 Å². The van der Waals surface area contributed by atoms with E-state index in [1.165, 1.54) is 5.52 Å². The van der Waals surface area contributed by atoms with Crippen LogP contribution in [0.1, 0.15) is 18.8 Å². The number of aryl methyl sites for hydroxylation is 1. The first-order valence-electron chi connectivity index (χ1n) is 6.30. The number of imidazole rings is 1. The molecule has 0 bridgehead atoms. The van der Waals surface area contributed by atoms with Crippen LogP contribution in [-0.2, 0) is 6.42 Å². The van der Waals surface area contributed by atoms with Crippen molar-refractivity contribution in [3.63, 3.8) is 0 Å². The number of fused-ring (bicyclic) bond motifs is 1. The summed E-state index contributed by atoms with van der Waals surface area (Å²) in [7, 11) is 4.19. The molecular weight excluding hydrogens is 246 g/mol. The highest BCUT2D eigenvalue weighted by Crippen LogP contribution is 2.22. The number of likely N-dealkylation sites (N-methyl/N-ethyl adjacent to an activating group) is 1. The van der Waals surface area contributed by atoms with E-state index >= 15 is 0 Å². The summed E-state index contributed by atoms with van der Waals surface area (Å²) >= 11 is 5.88. The number of alkyl halides is 1. The summed E-state index contributed by atoms with van der Waals surface area (Å²) in [6, 6.07) is 8.68. The van der Waals surface area contributed by atoms with Gasteiger partial charge in [-0.15, -0.1) is 11.6 Å². The minimum atomic E-state index is 0.394. The number of hydrogen-bond acceptors (Lipinski definition) is 2. The summed E-state index contributed by atoms with van der Waals surface area (Å²) in [4.78, 5) is 6.89. The number of rotatable bonds is 5. The molecule has 0 saturated carbocycles. The lowest BCUT2D eigenvalue weighted by molar-refractivity contribution is 0.337. The van der Waals surface area contributed by atoms with Crippen LogP contribution in [0.4, 0.5) is 0 Å². The topological polar surface area (TPSA) is 21.1 Å². The van der Waals surface area contributed by atoms with Crippen molar-refractivity contribution >= 4 is 22.6 Å². The SMILES string of the molecule is CC(CN(C)C)n1c(CCCl)nc2ccccc21. The number of hydrogen-bond donors (Lipinski definition) is 0. The Morgan fingerprint density at radius 1 is 1.33 bits per heavy atom. The molecule has 1 unspecified atom stereocenters. The Bertz CT molecular complexity index is 519. The lowest BCUT2D eigenvalue weighted by Gasteiger charge is -2.21. The zero-order chi connectivity index (χ0) is 13.1. The van der Waals surface area contributed by atoms with Gasteiger partial charge in [0.05, 0.1) is 11.0 Å². The van der Waals surface area contributed by atoms with Crippen molar-refractivity contribution in [2.24, 2.45) is 0 Å². The van der Waals surface area contributed by atoms with Gasteiger partial charge in [-0.2, -0.15) is 0 Å². The van der Waals surface area contributed by atoms with E-state index in [0.717, 1.165) is 24.3 Å². The molecule has 0 aliphatic heterocycles. The molecule has 0 spiro atoms. The first-order valence-corrected chi connectivity index (χ1v) is 6.83. The molecule has 0 aliphatic carbocycles. The van der Waals surface area contributed by atoms with Crippen LogP contribution >= 0.6 is 11.6 Å². The number of para-hydroxylation sites is 2. The van der Waals surface area contributed by atoms with E-state index < -0.39 is 0 Å². The van der Waals surface area contributed by atoms with Crippen LogP contribution in [-0.4, -0.2) is 41.0 Å². The Morgan fingerprint density at radius 3 is 2.72 bits per heavy atom. The first-order chi connectivity index (χ1) is 8.63. The summed E-state index contributed by atoms with van der Waals surface area (Å²) in [6.45, 7) is 3.22. The fourth-order valence-corrected chi connectivity index (χ4v) is 2.63. The summed E-state index contributed by atoms with van der Waals surface area (Å²) in [6.07, 6.45) is 0.813. The third-order valence-corrected chi connectivity index (χ3v) is 3.25. The second-order valence-corrected chi connectivity index (χ2v) is 5.31. The smallest absolute Gasteiger partial charge is 0.111 e. The monoisotopic (exact) mass is 265 g/mol. The molecule has 2 rings (SSSR count). The Labute approximate surface area is 113 Å². The molecular formula is C14H20ClN3. The van der Waals surface area contributed by atoms with Crippen LogP contribution in [0, 0.1) is 0 Å². The van der Waals surface area contributed by atoms with Crippen molar-refractivity contribution < 1.29 is 0 Å². The maximum Gasteiger partial charge on any atom is 0.111 e. The second kappa shape index (κ2) is 5.72. The van der Waals surface area contributed by atoms with E-state index in [2.05, 4.69) is 48.7 Å². The molecule has 1 atom stereocenters. The molecule has 0 radical (unpaired) electrons. The van der Waals surface area contributed by atoms with Gasteiger partial charge in [-0.3, -0.25) is 0 Å².